The van der Waals surface area contributed by atoms with E-state index in [-0.39, 0.29) is 18.6 Å². The van der Waals surface area contributed by atoms with E-state index in [4.69, 9.17) is 9.84 Å². The Bertz CT molecular complexity index is 682. The standard InChI is InChI=1S/C16H23NO5S/c1-16(2,8-5-15(18)19)17-23(20,21)10-7-12-3-4-14-13(11-12)6-9-22-14/h3-4,11,17H,5-10H2,1-2H3,(H,18,19). The quantitative estimate of drug-likeness (QED) is 0.751. The zero-order chi connectivity index (χ0) is 17.1. The van der Waals surface area contributed by atoms with Crippen LogP contribution in [0, 0.1) is 0 Å². The molecule has 128 valence electrons. The first-order valence-electron chi connectivity index (χ1n) is 7.65. The SMILES string of the molecule is CC(C)(CCC(=O)O)NS(=O)(=O)CCc1ccc2c(c1)CCO2. The summed E-state index contributed by atoms with van der Waals surface area (Å²) in [4.78, 5) is 10.6. The van der Waals surface area contributed by atoms with Crippen LogP contribution in [0.4, 0.5) is 0 Å². The van der Waals surface area contributed by atoms with E-state index in [0.29, 0.717) is 13.0 Å². The summed E-state index contributed by atoms with van der Waals surface area (Å²) < 4.78 is 32.5. The molecule has 2 N–H and O–H groups in total. The van der Waals surface area contributed by atoms with E-state index in [1.54, 1.807) is 13.8 Å². The van der Waals surface area contributed by atoms with Crippen molar-refractivity contribution in [2.24, 2.45) is 0 Å². The first-order chi connectivity index (χ1) is 10.7. The lowest BCUT2D eigenvalue weighted by molar-refractivity contribution is -0.137. The lowest BCUT2D eigenvalue weighted by Gasteiger charge is -2.25. The largest absolute Gasteiger partial charge is 0.493 e. The number of nitrogens with one attached hydrogen (secondary N) is 1. The summed E-state index contributed by atoms with van der Waals surface area (Å²) in [6.07, 6.45) is 1.45. The summed E-state index contributed by atoms with van der Waals surface area (Å²) >= 11 is 0. The fourth-order valence-corrected chi connectivity index (χ4v) is 4.14. The molecule has 1 aromatic carbocycles. The fraction of sp³-hybridized carbons (Fsp3) is 0.562. The van der Waals surface area contributed by atoms with Gasteiger partial charge in [0.15, 0.2) is 0 Å². The summed E-state index contributed by atoms with van der Waals surface area (Å²) in [5.74, 6) is -0.0782. The normalized spacial score (nSPS) is 14.3. The number of rotatable bonds is 8. The van der Waals surface area contributed by atoms with Crippen molar-refractivity contribution in [2.75, 3.05) is 12.4 Å². The van der Waals surface area contributed by atoms with Gasteiger partial charge < -0.3 is 9.84 Å². The van der Waals surface area contributed by atoms with Crippen LogP contribution in [-0.2, 0) is 27.7 Å². The van der Waals surface area contributed by atoms with Crippen molar-refractivity contribution in [3.63, 3.8) is 0 Å². The van der Waals surface area contributed by atoms with Crippen LogP contribution in [0.5, 0.6) is 5.75 Å². The predicted octanol–water partition coefficient (Wildman–Crippen LogP) is 1.73. The minimum atomic E-state index is -3.47. The van der Waals surface area contributed by atoms with Crippen LogP contribution >= 0.6 is 0 Å². The Morgan fingerprint density at radius 2 is 2.13 bits per heavy atom. The molecule has 0 bridgehead atoms. The van der Waals surface area contributed by atoms with E-state index in [9.17, 15) is 13.2 Å². The molecule has 0 radical (unpaired) electrons. The summed E-state index contributed by atoms with van der Waals surface area (Å²) in [7, 11) is -3.47. The molecule has 0 unspecified atom stereocenters. The monoisotopic (exact) mass is 341 g/mol. The average Bonchev–Trinajstić information content (AvgIpc) is 2.89. The second-order valence-corrected chi connectivity index (χ2v) is 8.33. The van der Waals surface area contributed by atoms with Gasteiger partial charge in [0.1, 0.15) is 5.75 Å². The summed E-state index contributed by atoms with van der Waals surface area (Å²) in [5.41, 5.74) is 1.31. The second-order valence-electron chi connectivity index (χ2n) is 6.49. The molecule has 1 heterocycles. The van der Waals surface area contributed by atoms with Crippen molar-refractivity contribution < 1.29 is 23.1 Å². The van der Waals surface area contributed by atoms with Gasteiger partial charge in [0.05, 0.1) is 12.4 Å². The zero-order valence-electron chi connectivity index (χ0n) is 13.5. The molecule has 7 heteroatoms. The van der Waals surface area contributed by atoms with E-state index >= 15 is 0 Å². The second kappa shape index (κ2) is 6.88. The van der Waals surface area contributed by atoms with E-state index in [1.807, 2.05) is 18.2 Å². The lowest BCUT2D eigenvalue weighted by Crippen LogP contribution is -2.44. The van der Waals surface area contributed by atoms with Gasteiger partial charge in [0.25, 0.3) is 0 Å². The molecular formula is C16H23NO5S. The number of sulfonamides is 1. The molecule has 0 amide bonds. The Morgan fingerprint density at radius 1 is 1.39 bits per heavy atom. The molecule has 1 aliphatic heterocycles. The Balaban J connectivity index is 1.92. The van der Waals surface area contributed by atoms with Gasteiger partial charge in [-0.05, 0) is 43.9 Å². The fourth-order valence-electron chi connectivity index (χ4n) is 2.59. The van der Waals surface area contributed by atoms with E-state index in [2.05, 4.69) is 4.72 Å². The van der Waals surface area contributed by atoms with Gasteiger partial charge in [-0.15, -0.1) is 0 Å². The minimum Gasteiger partial charge on any atom is -0.493 e. The van der Waals surface area contributed by atoms with Gasteiger partial charge in [-0.25, -0.2) is 13.1 Å². The molecule has 0 fully saturated rings. The maximum absolute atomic E-state index is 12.2. The molecule has 23 heavy (non-hydrogen) atoms. The van der Waals surface area contributed by atoms with Crippen molar-refractivity contribution in [1.29, 1.82) is 0 Å². The molecular weight excluding hydrogens is 318 g/mol. The number of aryl methyl sites for hydroxylation is 1. The Hall–Kier alpha value is -1.60. The molecule has 0 aromatic heterocycles. The van der Waals surface area contributed by atoms with Gasteiger partial charge >= 0.3 is 5.97 Å². The molecule has 6 nitrogen and oxygen atoms in total. The maximum atomic E-state index is 12.2. The molecule has 0 spiro atoms. The van der Waals surface area contributed by atoms with Crippen LogP contribution in [-0.4, -0.2) is 37.4 Å². The highest BCUT2D eigenvalue weighted by atomic mass is 32.2. The summed E-state index contributed by atoms with van der Waals surface area (Å²) in [6, 6.07) is 5.76. The van der Waals surface area contributed by atoms with E-state index in [0.717, 1.165) is 23.3 Å². The number of ether oxygens (including phenoxy) is 1. The van der Waals surface area contributed by atoms with Crippen molar-refractivity contribution >= 4 is 16.0 Å². The average molecular weight is 341 g/mol. The molecule has 0 saturated carbocycles. The highest BCUT2D eigenvalue weighted by Gasteiger charge is 2.25. The number of aliphatic carboxylic acids is 1. The highest BCUT2D eigenvalue weighted by Crippen LogP contribution is 2.26. The number of fused-ring (bicyclic) bond motifs is 1. The topological polar surface area (TPSA) is 92.7 Å². The molecule has 1 aliphatic rings. The summed E-state index contributed by atoms with van der Waals surface area (Å²) in [6.45, 7) is 4.07. The van der Waals surface area contributed by atoms with Gasteiger partial charge in [-0.1, -0.05) is 12.1 Å². The first kappa shape index (κ1) is 17.7. The molecule has 2 rings (SSSR count). The van der Waals surface area contributed by atoms with Crippen LogP contribution in [0.25, 0.3) is 0 Å². The summed E-state index contributed by atoms with van der Waals surface area (Å²) in [5, 5.41) is 8.72. The van der Waals surface area contributed by atoms with Crippen LogP contribution < -0.4 is 9.46 Å². The number of carboxylic acid groups (broad SMARTS) is 1. The van der Waals surface area contributed by atoms with Crippen molar-refractivity contribution in [3.8, 4) is 5.75 Å². The van der Waals surface area contributed by atoms with Crippen molar-refractivity contribution in [3.05, 3.63) is 29.3 Å². The minimum absolute atomic E-state index is 0.0247. The molecule has 0 saturated heterocycles. The van der Waals surface area contributed by atoms with E-state index < -0.39 is 21.5 Å². The lowest BCUT2D eigenvalue weighted by atomic mass is 10.0. The van der Waals surface area contributed by atoms with Crippen molar-refractivity contribution in [1.82, 2.24) is 4.72 Å². The number of benzene rings is 1. The van der Waals surface area contributed by atoms with Crippen LogP contribution in [0.3, 0.4) is 0 Å². The third kappa shape index (κ3) is 5.51. The number of carboxylic acids is 1. The number of hydrogen-bond donors (Lipinski definition) is 2. The number of hydrogen-bond acceptors (Lipinski definition) is 4. The molecule has 0 atom stereocenters. The van der Waals surface area contributed by atoms with Crippen molar-refractivity contribution in [2.45, 2.75) is 45.1 Å². The van der Waals surface area contributed by atoms with Crippen LogP contribution in [0.15, 0.2) is 18.2 Å². The zero-order valence-corrected chi connectivity index (χ0v) is 14.3. The smallest absolute Gasteiger partial charge is 0.303 e. The predicted molar refractivity (Wildman–Crippen MR) is 87.2 cm³/mol. The third-order valence-electron chi connectivity index (χ3n) is 3.81. The number of carbonyl (C=O) groups is 1. The van der Waals surface area contributed by atoms with Crippen LogP contribution in [0.1, 0.15) is 37.8 Å². The first-order valence-corrected chi connectivity index (χ1v) is 9.30. The molecule has 1 aromatic rings. The van der Waals surface area contributed by atoms with Gasteiger partial charge in [-0.2, -0.15) is 0 Å². The highest BCUT2D eigenvalue weighted by molar-refractivity contribution is 7.89. The maximum Gasteiger partial charge on any atom is 0.303 e. The Labute approximate surface area is 136 Å². The van der Waals surface area contributed by atoms with Gasteiger partial charge in [-0.3, -0.25) is 4.79 Å². The van der Waals surface area contributed by atoms with Gasteiger partial charge in [0.2, 0.25) is 10.0 Å². The third-order valence-corrected chi connectivity index (χ3v) is 5.41. The van der Waals surface area contributed by atoms with Gasteiger partial charge in [0, 0.05) is 18.4 Å². The Morgan fingerprint density at radius 3 is 2.83 bits per heavy atom. The van der Waals surface area contributed by atoms with Crippen LogP contribution in [0.2, 0.25) is 0 Å². The van der Waals surface area contributed by atoms with E-state index in [1.165, 1.54) is 0 Å². The molecule has 0 aliphatic carbocycles. The Kier molecular flexibility index (Phi) is 5.31.